The van der Waals surface area contributed by atoms with Crippen LogP contribution in [0, 0.1) is 20.8 Å². The number of nitrogens with one attached hydrogen (secondary N) is 1. The lowest BCUT2D eigenvalue weighted by molar-refractivity contribution is -0.130. The molecular weight excluding hydrogens is 448 g/mol. The second-order valence-electron chi connectivity index (χ2n) is 8.29. The summed E-state index contributed by atoms with van der Waals surface area (Å²) in [5.41, 5.74) is 5.37. The highest BCUT2D eigenvalue weighted by atomic mass is 35.5. The van der Waals surface area contributed by atoms with Gasteiger partial charge in [0, 0.05) is 34.6 Å². The maximum absolute atomic E-state index is 12.9. The number of halogens is 1. The highest BCUT2D eigenvalue weighted by Gasteiger charge is 2.16. The van der Waals surface area contributed by atoms with Gasteiger partial charge in [-0.15, -0.1) is 0 Å². The third-order valence-corrected chi connectivity index (χ3v) is 6.04. The normalized spacial score (nSPS) is 11.1. The van der Waals surface area contributed by atoms with Crippen molar-refractivity contribution in [3.63, 3.8) is 0 Å². The average Bonchev–Trinajstić information content (AvgIpc) is 3.07. The molecule has 3 rings (SSSR count). The number of hydrogen-bond acceptors (Lipinski definition) is 3. The van der Waals surface area contributed by atoms with Crippen LogP contribution in [-0.2, 0) is 16.1 Å². The fourth-order valence-electron chi connectivity index (χ4n) is 3.77. The topological polar surface area (TPSA) is 67.2 Å². The van der Waals surface area contributed by atoms with Crippen LogP contribution in [0.25, 0.3) is 6.08 Å². The van der Waals surface area contributed by atoms with E-state index in [1.54, 1.807) is 11.0 Å². The number of carbonyl (C=O) groups excluding carboxylic acids is 2. The lowest BCUT2D eigenvalue weighted by Crippen LogP contribution is -2.37. The number of amides is 2. The van der Waals surface area contributed by atoms with Crippen molar-refractivity contribution < 1.29 is 9.59 Å². The van der Waals surface area contributed by atoms with Crippen LogP contribution in [0.3, 0.4) is 0 Å². The number of anilines is 1. The summed E-state index contributed by atoms with van der Waals surface area (Å²) in [5, 5.41) is 8.22. The number of aromatic nitrogens is 2. The van der Waals surface area contributed by atoms with E-state index in [0.717, 1.165) is 40.2 Å². The number of aryl methyl sites for hydroxylation is 2. The van der Waals surface area contributed by atoms with E-state index < -0.39 is 0 Å². The van der Waals surface area contributed by atoms with Gasteiger partial charge in [-0.3, -0.25) is 14.3 Å². The fourth-order valence-corrected chi connectivity index (χ4v) is 3.96. The molecule has 0 unspecified atom stereocenters. The number of hydrogen-bond donors (Lipinski definition) is 1. The molecule has 0 aliphatic rings. The first-order valence-corrected chi connectivity index (χ1v) is 11.8. The highest BCUT2D eigenvalue weighted by Crippen LogP contribution is 2.20. The van der Waals surface area contributed by atoms with Gasteiger partial charge in [-0.2, -0.15) is 5.10 Å². The molecule has 178 valence electrons. The van der Waals surface area contributed by atoms with Crippen LogP contribution in [-0.4, -0.2) is 39.6 Å². The molecular formula is C27H31ClN4O2. The van der Waals surface area contributed by atoms with Crippen LogP contribution in [0.2, 0.25) is 5.02 Å². The first kappa shape index (κ1) is 25.2. The lowest BCUT2D eigenvalue weighted by atomic mass is 10.1. The van der Waals surface area contributed by atoms with Crippen LogP contribution < -0.4 is 5.32 Å². The molecule has 1 aromatic heterocycles. The summed E-state index contributed by atoms with van der Waals surface area (Å²) < 4.78 is 1.89. The van der Waals surface area contributed by atoms with Gasteiger partial charge in [0.1, 0.15) is 6.54 Å². The summed E-state index contributed by atoms with van der Waals surface area (Å²) in [4.78, 5) is 27.1. The van der Waals surface area contributed by atoms with E-state index in [4.69, 9.17) is 11.6 Å². The molecule has 2 amide bonds. The summed E-state index contributed by atoms with van der Waals surface area (Å²) in [6.07, 6.45) is 4.06. The monoisotopic (exact) mass is 478 g/mol. The Hall–Kier alpha value is -3.38. The van der Waals surface area contributed by atoms with Crippen LogP contribution >= 0.6 is 11.6 Å². The Morgan fingerprint density at radius 1 is 1.09 bits per heavy atom. The minimum absolute atomic E-state index is 0.00488. The van der Waals surface area contributed by atoms with E-state index in [9.17, 15) is 9.59 Å². The molecule has 0 saturated heterocycles. The Morgan fingerprint density at radius 2 is 1.79 bits per heavy atom. The van der Waals surface area contributed by atoms with Crippen molar-refractivity contribution in [1.82, 2.24) is 14.7 Å². The molecule has 0 aliphatic heterocycles. The summed E-state index contributed by atoms with van der Waals surface area (Å²) in [6, 6.07) is 15.3. The number of nitrogens with zero attached hydrogens (tertiary/aromatic N) is 3. The Labute approximate surface area is 206 Å². The summed E-state index contributed by atoms with van der Waals surface area (Å²) >= 11 is 6.30. The van der Waals surface area contributed by atoms with Gasteiger partial charge in [0.05, 0.1) is 12.2 Å². The largest absolute Gasteiger partial charge is 0.330 e. The molecule has 3 aromatic rings. The number of para-hydroxylation sites is 1. The minimum Gasteiger partial charge on any atom is -0.330 e. The first-order valence-electron chi connectivity index (χ1n) is 11.4. The van der Waals surface area contributed by atoms with Gasteiger partial charge < -0.3 is 10.2 Å². The Morgan fingerprint density at radius 3 is 2.50 bits per heavy atom. The molecule has 1 N–H and O–H groups in total. The molecule has 0 bridgehead atoms. The number of benzene rings is 2. The van der Waals surface area contributed by atoms with E-state index in [0.29, 0.717) is 18.1 Å². The van der Waals surface area contributed by atoms with Crippen LogP contribution in [0.1, 0.15) is 41.4 Å². The summed E-state index contributed by atoms with van der Waals surface area (Å²) in [7, 11) is 0. The van der Waals surface area contributed by atoms with Crippen molar-refractivity contribution in [1.29, 1.82) is 0 Å². The van der Waals surface area contributed by atoms with Gasteiger partial charge in [0.25, 0.3) is 0 Å². The van der Waals surface area contributed by atoms with Crippen molar-refractivity contribution in [2.75, 3.05) is 18.4 Å². The van der Waals surface area contributed by atoms with E-state index in [1.807, 2.05) is 80.9 Å². The molecule has 0 aliphatic carbocycles. The molecule has 0 spiro atoms. The third kappa shape index (κ3) is 6.35. The summed E-state index contributed by atoms with van der Waals surface area (Å²) in [5.74, 6) is -0.427. The SMILES string of the molecule is CCCN(CC(=O)Nc1ccccc1C)C(=O)/C=C/c1c(C)nn(Cc2ccccc2Cl)c1C. The predicted molar refractivity (Wildman–Crippen MR) is 138 cm³/mol. The molecule has 0 radical (unpaired) electrons. The average molecular weight is 479 g/mol. The van der Waals surface area contributed by atoms with Crippen molar-refractivity contribution in [3.05, 3.63) is 87.7 Å². The summed E-state index contributed by atoms with van der Waals surface area (Å²) in [6.45, 7) is 8.85. The number of carbonyl (C=O) groups is 2. The lowest BCUT2D eigenvalue weighted by Gasteiger charge is -2.20. The maximum Gasteiger partial charge on any atom is 0.247 e. The van der Waals surface area contributed by atoms with E-state index >= 15 is 0 Å². The quantitative estimate of drug-likeness (QED) is 0.418. The molecule has 2 aromatic carbocycles. The molecule has 7 heteroatoms. The van der Waals surface area contributed by atoms with Gasteiger partial charge >= 0.3 is 0 Å². The molecule has 0 atom stereocenters. The smallest absolute Gasteiger partial charge is 0.247 e. The Kier molecular flexibility index (Phi) is 8.66. The van der Waals surface area contributed by atoms with Crippen molar-refractivity contribution in [3.8, 4) is 0 Å². The van der Waals surface area contributed by atoms with Crippen LogP contribution in [0.4, 0.5) is 5.69 Å². The zero-order valence-corrected chi connectivity index (χ0v) is 20.9. The first-order chi connectivity index (χ1) is 16.3. The van der Waals surface area contributed by atoms with E-state index in [-0.39, 0.29) is 18.4 Å². The Bertz CT molecular complexity index is 1200. The highest BCUT2D eigenvalue weighted by molar-refractivity contribution is 6.31. The Balaban J connectivity index is 1.71. The molecule has 0 fully saturated rings. The van der Waals surface area contributed by atoms with Crippen molar-refractivity contribution in [2.45, 2.75) is 40.7 Å². The minimum atomic E-state index is -0.218. The third-order valence-electron chi connectivity index (χ3n) is 5.67. The molecule has 1 heterocycles. The van der Waals surface area contributed by atoms with Crippen molar-refractivity contribution >= 4 is 35.2 Å². The maximum atomic E-state index is 12.9. The van der Waals surface area contributed by atoms with Gasteiger partial charge in [-0.25, -0.2) is 0 Å². The molecule has 6 nitrogen and oxygen atoms in total. The standard InChI is InChI=1S/C27H31ClN4O2/c1-5-16-31(18-26(33)29-25-13-9-6-10-19(25)2)27(34)15-14-23-20(3)30-32(21(23)4)17-22-11-7-8-12-24(22)28/h6-15H,5,16-18H2,1-4H3,(H,29,33)/b15-14+. The van der Waals surface area contributed by atoms with E-state index in [2.05, 4.69) is 10.4 Å². The number of rotatable bonds is 9. The zero-order chi connectivity index (χ0) is 24.7. The van der Waals surface area contributed by atoms with Crippen LogP contribution in [0.15, 0.2) is 54.6 Å². The van der Waals surface area contributed by atoms with Crippen LogP contribution in [0.5, 0.6) is 0 Å². The van der Waals surface area contributed by atoms with Gasteiger partial charge in [0.15, 0.2) is 0 Å². The van der Waals surface area contributed by atoms with Gasteiger partial charge in [0.2, 0.25) is 11.8 Å². The van der Waals surface area contributed by atoms with Gasteiger partial charge in [-0.1, -0.05) is 54.9 Å². The molecule has 0 saturated carbocycles. The predicted octanol–water partition coefficient (Wildman–Crippen LogP) is 5.40. The van der Waals surface area contributed by atoms with Gasteiger partial charge in [-0.05, 0) is 56.5 Å². The molecule has 34 heavy (non-hydrogen) atoms. The van der Waals surface area contributed by atoms with Crippen molar-refractivity contribution in [2.24, 2.45) is 0 Å². The second-order valence-corrected chi connectivity index (χ2v) is 8.70. The van der Waals surface area contributed by atoms with E-state index in [1.165, 1.54) is 6.08 Å². The second kappa shape index (κ2) is 11.7. The zero-order valence-electron chi connectivity index (χ0n) is 20.1. The fraction of sp³-hybridized carbons (Fsp3) is 0.296.